The molecule has 0 aliphatic carbocycles. The van der Waals surface area contributed by atoms with Gasteiger partial charge in [-0.3, -0.25) is 9.69 Å². The maximum Gasteiger partial charge on any atom is 0.259 e. The first kappa shape index (κ1) is 23.7. The Morgan fingerprint density at radius 1 is 0.943 bits per heavy atom. The second-order valence-corrected chi connectivity index (χ2v) is 11.9. The molecule has 1 N–H and O–H groups in total. The Bertz CT molecular complexity index is 1350. The van der Waals surface area contributed by atoms with E-state index >= 15 is 0 Å². The van der Waals surface area contributed by atoms with Gasteiger partial charge in [-0.1, -0.05) is 48.9 Å². The highest BCUT2D eigenvalue weighted by Crippen LogP contribution is 2.49. The van der Waals surface area contributed by atoms with Gasteiger partial charge in [0.1, 0.15) is 0 Å². The van der Waals surface area contributed by atoms with Crippen LogP contribution >= 0.6 is 11.6 Å². The second kappa shape index (κ2) is 7.99. The van der Waals surface area contributed by atoms with Gasteiger partial charge in [-0.15, -0.1) is 0 Å². The molecule has 2 aliphatic rings. The molecule has 3 nitrogen and oxygen atoms in total. The second-order valence-electron chi connectivity index (χ2n) is 11.4. The summed E-state index contributed by atoms with van der Waals surface area (Å²) in [7, 11) is 0. The number of carbonyl (C=O) groups is 1. The highest BCUT2D eigenvalue weighted by atomic mass is 35.5. The molecule has 180 valence electrons. The van der Waals surface area contributed by atoms with Gasteiger partial charge < -0.3 is 5.32 Å². The van der Waals surface area contributed by atoms with Gasteiger partial charge in [0.2, 0.25) is 0 Å². The normalized spacial score (nSPS) is 21.9. The molecule has 2 heterocycles. The number of rotatable bonds is 2. The van der Waals surface area contributed by atoms with Crippen LogP contribution < -0.4 is 10.2 Å². The van der Waals surface area contributed by atoms with Crippen molar-refractivity contribution in [3.8, 4) is 0 Å². The number of hydrogen-bond acceptors (Lipinski definition) is 2. The summed E-state index contributed by atoms with van der Waals surface area (Å²) < 4.78 is 0. The summed E-state index contributed by atoms with van der Waals surface area (Å²) in [5.74, 6) is -0.0241. The Morgan fingerprint density at radius 3 is 2.34 bits per heavy atom. The van der Waals surface area contributed by atoms with Gasteiger partial charge in [-0.2, -0.15) is 0 Å². The van der Waals surface area contributed by atoms with E-state index in [9.17, 15) is 4.79 Å². The van der Waals surface area contributed by atoms with Crippen LogP contribution in [0.15, 0.2) is 72.8 Å². The zero-order valence-corrected chi connectivity index (χ0v) is 22.1. The largest absolute Gasteiger partial charge is 0.380 e. The van der Waals surface area contributed by atoms with Crippen molar-refractivity contribution in [1.82, 2.24) is 0 Å². The Balaban J connectivity index is 1.64. The van der Waals surface area contributed by atoms with E-state index in [4.69, 9.17) is 11.6 Å². The quantitative estimate of drug-likeness (QED) is 0.398. The predicted molar refractivity (Wildman–Crippen MR) is 148 cm³/mol. The van der Waals surface area contributed by atoms with E-state index < -0.39 is 5.54 Å². The first-order chi connectivity index (χ1) is 16.4. The number of fused-ring (bicyclic) bond motifs is 2. The van der Waals surface area contributed by atoms with E-state index in [1.807, 2.05) is 4.90 Å². The first-order valence-electron chi connectivity index (χ1n) is 12.2. The standard InChI is InChI=1S/C31H33ClN2O/c1-20-18-30(4,5)34(28(35)21-11-14-23(32)15-12-21)27-16-13-22(17-24(20)27)31(6)19-29(2,3)33-26-10-8-7-9-25(26)31/h7-18,33H,19H2,1-6H3/t31-/m1/s1. The molecule has 0 radical (unpaired) electrons. The maximum absolute atomic E-state index is 13.7. The van der Waals surface area contributed by atoms with Crippen LogP contribution in [-0.2, 0) is 5.41 Å². The molecule has 2 aliphatic heterocycles. The van der Waals surface area contributed by atoms with Gasteiger partial charge in [0.25, 0.3) is 5.91 Å². The third kappa shape index (κ3) is 3.96. The molecule has 4 heteroatoms. The van der Waals surface area contributed by atoms with Crippen LogP contribution in [0.2, 0.25) is 5.02 Å². The van der Waals surface area contributed by atoms with Crippen LogP contribution in [-0.4, -0.2) is 17.0 Å². The van der Waals surface area contributed by atoms with Crippen molar-refractivity contribution < 1.29 is 4.79 Å². The number of halogens is 1. The summed E-state index contributed by atoms with van der Waals surface area (Å²) >= 11 is 6.08. The van der Waals surface area contributed by atoms with Gasteiger partial charge in [0, 0.05) is 32.8 Å². The van der Waals surface area contributed by atoms with Crippen LogP contribution in [0.4, 0.5) is 11.4 Å². The fraction of sp³-hybridized carbons (Fsp3) is 0.323. The lowest BCUT2D eigenvalue weighted by Crippen LogP contribution is -2.49. The van der Waals surface area contributed by atoms with E-state index in [1.165, 1.54) is 22.4 Å². The number of carbonyl (C=O) groups excluding carboxylic acids is 1. The first-order valence-corrected chi connectivity index (χ1v) is 12.6. The van der Waals surface area contributed by atoms with Crippen molar-refractivity contribution in [2.45, 2.75) is 64.5 Å². The van der Waals surface area contributed by atoms with Crippen LogP contribution in [0, 0.1) is 0 Å². The summed E-state index contributed by atoms with van der Waals surface area (Å²) in [4.78, 5) is 15.7. The van der Waals surface area contributed by atoms with Crippen molar-refractivity contribution in [3.63, 3.8) is 0 Å². The fourth-order valence-corrected chi connectivity index (χ4v) is 6.31. The number of para-hydroxylation sites is 1. The minimum Gasteiger partial charge on any atom is -0.380 e. The molecular weight excluding hydrogens is 452 g/mol. The Hall–Kier alpha value is -3.04. The van der Waals surface area contributed by atoms with Crippen molar-refractivity contribution in [2.24, 2.45) is 0 Å². The van der Waals surface area contributed by atoms with Gasteiger partial charge in [0.05, 0.1) is 11.2 Å². The van der Waals surface area contributed by atoms with Gasteiger partial charge in [-0.05, 0) is 100 Å². The monoisotopic (exact) mass is 484 g/mol. The molecule has 0 spiro atoms. The molecule has 3 aromatic rings. The topological polar surface area (TPSA) is 32.3 Å². The lowest BCUT2D eigenvalue weighted by molar-refractivity contribution is 0.0970. The van der Waals surface area contributed by atoms with E-state index in [2.05, 4.69) is 95.4 Å². The Kier molecular flexibility index (Phi) is 5.41. The van der Waals surface area contributed by atoms with Crippen molar-refractivity contribution >= 4 is 34.5 Å². The summed E-state index contributed by atoms with van der Waals surface area (Å²) in [5.41, 5.74) is 7.00. The van der Waals surface area contributed by atoms with Crippen LogP contribution in [0.25, 0.3) is 5.57 Å². The molecule has 0 bridgehead atoms. The van der Waals surface area contributed by atoms with E-state index in [0.717, 1.165) is 17.7 Å². The summed E-state index contributed by atoms with van der Waals surface area (Å²) in [6.45, 7) is 13.2. The average molecular weight is 485 g/mol. The van der Waals surface area contributed by atoms with Crippen molar-refractivity contribution in [2.75, 3.05) is 10.2 Å². The third-order valence-corrected chi connectivity index (χ3v) is 7.78. The summed E-state index contributed by atoms with van der Waals surface area (Å²) in [6.07, 6.45) is 3.17. The van der Waals surface area contributed by atoms with Crippen molar-refractivity contribution in [3.05, 3.63) is 100 Å². The molecule has 0 saturated carbocycles. The summed E-state index contributed by atoms with van der Waals surface area (Å²) in [6, 6.07) is 22.4. The zero-order valence-electron chi connectivity index (χ0n) is 21.4. The molecule has 3 aromatic carbocycles. The smallest absolute Gasteiger partial charge is 0.259 e. The third-order valence-electron chi connectivity index (χ3n) is 7.53. The lowest BCUT2D eigenvalue weighted by Gasteiger charge is -2.47. The molecular formula is C31H33ClN2O. The van der Waals surface area contributed by atoms with Gasteiger partial charge in [-0.25, -0.2) is 0 Å². The minimum absolute atomic E-state index is 0.0241. The van der Waals surface area contributed by atoms with Gasteiger partial charge >= 0.3 is 0 Å². The van der Waals surface area contributed by atoms with Crippen LogP contribution in [0.5, 0.6) is 0 Å². The molecule has 0 fully saturated rings. The molecule has 0 saturated heterocycles. The SMILES string of the molecule is CC1=CC(C)(C)N(C(=O)c2ccc(Cl)cc2)c2ccc([C@@]3(C)CC(C)(C)Nc4ccccc43)cc21. The number of allylic oxidation sites excluding steroid dienone is 1. The number of nitrogens with zero attached hydrogens (tertiary/aromatic N) is 1. The highest BCUT2D eigenvalue weighted by molar-refractivity contribution is 6.30. The van der Waals surface area contributed by atoms with E-state index in [0.29, 0.717) is 10.6 Å². The molecule has 0 unspecified atom stereocenters. The molecule has 0 aromatic heterocycles. The number of hydrogen-bond donors (Lipinski definition) is 1. The minimum atomic E-state index is -0.456. The number of anilines is 2. The molecule has 35 heavy (non-hydrogen) atoms. The Labute approximate surface area is 213 Å². The number of amides is 1. The maximum atomic E-state index is 13.7. The van der Waals surface area contributed by atoms with E-state index in [1.54, 1.807) is 24.3 Å². The zero-order chi connectivity index (χ0) is 25.2. The molecule has 1 atom stereocenters. The highest BCUT2D eigenvalue weighted by Gasteiger charge is 2.43. The Morgan fingerprint density at radius 2 is 1.63 bits per heavy atom. The lowest BCUT2D eigenvalue weighted by atomic mass is 9.65. The van der Waals surface area contributed by atoms with E-state index in [-0.39, 0.29) is 16.9 Å². The fourth-order valence-electron chi connectivity index (χ4n) is 6.18. The number of nitrogens with one attached hydrogen (secondary N) is 1. The molecule has 5 rings (SSSR count). The van der Waals surface area contributed by atoms with Crippen molar-refractivity contribution in [1.29, 1.82) is 0 Å². The average Bonchev–Trinajstić information content (AvgIpc) is 2.78. The summed E-state index contributed by atoms with van der Waals surface area (Å²) in [5, 5.41) is 4.34. The molecule has 1 amide bonds. The number of benzene rings is 3. The predicted octanol–water partition coefficient (Wildman–Crippen LogP) is 8.08. The van der Waals surface area contributed by atoms with Crippen LogP contribution in [0.1, 0.15) is 75.0 Å². The van der Waals surface area contributed by atoms with Crippen LogP contribution in [0.3, 0.4) is 0 Å². The van der Waals surface area contributed by atoms with Gasteiger partial charge in [0.15, 0.2) is 0 Å².